The number of carboxylic acid groups (broad SMARTS) is 1. The number of hydrogen-bond donors (Lipinski definition) is 6. The van der Waals surface area contributed by atoms with E-state index in [0.717, 1.165) is 50.9 Å². The van der Waals surface area contributed by atoms with Gasteiger partial charge in [0.2, 0.25) is 17.7 Å². The summed E-state index contributed by atoms with van der Waals surface area (Å²) >= 11 is 0. The molecule has 0 saturated carbocycles. The van der Waals surface area contributed by atoms with Gasteiger partial charge in [-0.05, 0) is 154 Å². The van der Waals surface area contributed by atoms with E-state index in [2.05, 4.69) is 50.8 Å². The number of carboxylic acids is 1. The molecule has 3 aliphatic rings. The normalized spacial score (nSPS) is 12.7. The van der Waals surface area contributed by atoms with Crippen molar-refractivity contribution < 1.29 is 110 Å². The number of nitrogens with one attached hydrogen (secondary N) is 5. The van der Waals surface area contributed by atoms with Crippen molar-refractivity contribution in [2.75, 3.05) is 112 Å². The Morgan fingerprint density at radius 1 is 0.364 bits per heavy atom. The van der Waals surface area contributed by atoms with Crippen molar-refractivity contribution in [3.63, 3.8) is 0 Å². The van der Waals surface area contributed by atoms with Crippen LogP contribution in [0, 0.1) is 0 Å². The first-order chi connectivity index (χ1) is 56.7. The second-order valence-electron chi connectivity index (χ2n) is 30.1. The zero-order valence-electron chi connectivity index (χ0n) is 69.0. The van der Waals surface area contributed by atoms with Crippen LogP contribution in [0.3, 0.4) is 0 Å². The van der Waals surface area contributed by atoms with Crippen LogP contribution >= 0.6 is 0 Å². The van der Waals surface area contributed by atoms with Crippen LogP contribution in [-0.2, 0) is 95.3 Å². The average molecular weight is 1630 g/mol. The van der Waals surface area contributed by atoms with E-state index in [4.69, 9.17) is 57.2 Å². The van der Waals surface area contributed by atoms with Crippen LogP contribution in [0.15, 0.2) is 146 Å². The Bertz CT molecular complexity index is 4130. The van der Waals surface area contributed by atoms with Gasteiger partial charge in [-0.15, -0.1) is 0 Å². The molecule has 0 bridgehead atoms. The Labute approximate surface area is 690 Å². The van der Waals surface area contributed by atoms with Gasteiger partial charge in [0.25, 0.3) is 0 Å². The van der Waals surface area contributed by atoms with Crippen LogP contribution in [0.5, 0.6) is 0 Å². The SMILES string of the molecule is CC(C)(C)OC(=O)[C@H](CCC(=O)O)NC(=O)OCC1c2ccccc2-c2ccccc21.CCCOC(=O)CCCNC(=O)COCCOCCCC(=O)OCC1c2ccccc2-c2ccccc21.CCOCC(=O)CCCNC(=O)COCCOCCNC(=O)CC[C@H](NC(=O)OCC1c2ccccc2-c2ccccc21)C(=O)OC(C)(C)C. The number of carbonyl (C=O) groups excluding carboxylic acids is 10. The van der Waals surface area contributed by atoms with E-state index in [-0.39, 0.29) is 158 Å². The van der Waals surface area contributed by atoms with E-state index in [1.807, 2.05) is 135 Å². The van der Waals surface area contributed by atoms with Gasteiger partial charge in [0.05, 0.1) is 39.6 Å². The summed E-state index contributed by atoms with van der Waals surface area (Å²) in [4.78, 5) is 133. The van der Waals surface area contributed by atoms with Gasteiger partial charge in [-0.3, -0.25) is 33.6 Å². The smallest absolute Gasteiger partial charge is 0.407 e. The van der Waals surface area contributed by atoms with E-state index in [1.54, 1.807) is 41.5 Å². The summed E-state index contributed by atoms with van der Waals surface area (Å²) in [7, 11) is 0. The molecule has 3 aliphatic carbocycles. The Kier molecular flexibility index (Phi) is 39.9. The van der Waals surface area contributed by atoms with Crippen molar-refractivity contribution in [2.45, 2.75) is 167 Å². The number of ether oxygens (including phenoxy) is 11. The first-order valence-electron chi connectivity index (χ1n) is 40.3. The quantitative estimate of drug-likeness (QED) is 0.0117. The molecule has 0 fully saturated rings. The number of amides is 5. The number of rotatable bonds is 46. The predicted octanol–water partition coefficient (Wildman–Crippen LogP) is 11.8. The van der Waals surface area contributed by atoms with Gasteiger partial charge in [-0.25, -0.2) is 19.2 Å². The standard InChI is InChI=1S/C37H51N3O10.C29H37NO7.C24H27NO6/c1-5-46-23-26(41)11-10-18-38-34(43)25-48-22-21-47-20-19-39-33(42)17-16-32(35(44)50-37(2,3)4)40-36(45)49-24-31-29-14-8-6-12-27(29)28-13-7-9-15-30(28)31;1-2-16-36-28(32)13-7-15-30-27(31)21-35-19-18-34-17-8-14-29(33)37-20-26-24-11-5-3-9-22(24)23-10-4-6-12-25(23)26;1-24(2,3)31-22(28)20(12-13-21(26)27)25-23(29)30-14-19-17-10-6-4-8-15(17)16-9-5-7-11-18(16)19/h6-9,12-15,31-32H,5,10-11,16-25H2,1-4H3,(H,38,43)(H,39,42)(H,40,45);3-6,9-12,26H,2,7-8,13-21H2,1H3,(H,30,31);4-11,19-20H,12-14H2,1-3H3,(H,25,29)(H,26,27)/t32-;;20-/m0.0/s1. The molecular formula is C90H115N5O23. The molecule has 0 radical (unpaired) electrons. The number of benzene rings is 6. The second-order valence-corrected chi connectivity index (χ2v) is 30.1. The van der Waals surface area contributed by atoms with Gasteiger partial charge in [-0.1, -0.05) is 153 Å². The van der Waals surface area contributed by atoms with Crippen LogP contribution in [0.25, 0.3) is 33.4 Å². The number of carbonyl (C=O) groups is 11. The fraction of sp³-hybridized carbons (Fsp3) is 0.478. The summed E-state index contributed by atoms with van der Waals surface area (Å²) in [6.45, 7) is 18.0. The van der Waals surface area contributed by atoms with Crippen LogP contribution in [-0.4, -0.2) is 206 Å². The minimum absolute atomic E-state index is 0.00113. The van der Waals surface area contributed by atoms with E-state index in [0.29, 0.717) is 71.8 Å². The second kappa shape index (κ2) is 50.0. The highest BCUT2D eigenvalue weighted by molar-refractivity contribution is 5.86. The van der Waals surface area contributed by atoms with Gasteiger partial charge in [0, 0.05) is 82.7 Å². The molecule has 6 aromatic rings. The molecule has 9 rings (SSSR count). The fourth-order valence-corrected chi connectivity index (χ4v) is 13.1. The van der Waals surface area contributed by atoms with Crippen molar-refractivity contribution in [1.29, 1.82) is 0 Å². The molecule has 118 heavy (non-hydrogen) atoms. The van der Waals surface area contributed by atoms with Gasteiger partial charge >= 0.3 is 42.0 Å². The number of Topliss-reactive ketones (excluding diaryl/α,β-unsaturated/α-hetero) is 1. The van der Waals surface area contributed by atoms with Gasteiger partial charge < -0.3 is 83.8 Å². The lowest BCUT2D eigenvalue weighted by Gasteiger charge is -2.24. The summed E-state index contributed by atoms with van der Waals surface area (Å²) < 4.78 is 59.0. The number of aliphatic carboxylic acids is 1. The van der Waals surface area contributed by atoms with E-state index in [9.17, 15) is 52.7 Å². The van der Waals surface area contributed by atoms with E-state index < -0.39 is 53.4 Å². The third kappa shape index (κ3) is 32.9. The van der Waals surface area contributed by atoms with Crippen molar-refractivity contribution in [1.82, 2.24) is 26.6 Å². The first-order valence-corrected chi connectivity index (χ1v) is 40.3. The third-order valence-electron chi connectivity index (χ3n) is 18.6. The Balaban J connectivity index is 0.000000252. The van der Waals surface area contributed by atoms with Crippen molar-refractivity contribution in [3.05, 3.63) is 179 Å². The highest BCUT2D eigenvalue weighted by atomic mass is 16.6. The van der Waals surface area contributed by atoms with Crippen molar-refractivity contribution in [2.24, 2.45) is 0 Å². The Morgan fingerprint density at radius 2 is 0.720 bits per heavy atom. The predicted molar refractivity (Wildman–Crippen MR) is 439 cm³/mol. The van der Waals surface area contributed by atoms with Crippen LogP contribution in [0.2, 0.25) is 0 Å². The lowest BCUT2D eigenvalue weighted by atomic mass is 9.98. The molecule has 28 nitrogen and oxygen atoms in total. The third-order valence-corrected chi connectivity index (χ3v) is 18.6. The Hall–Kier alpha value is -10.9. The molecule has 6 aromatic carbocycles. The van der Waals surface area contributed by atoms with E-state index >= 15 is 0 Å². The zero-order valence-corrected chi connectivity index (χ0v) is 69.0. The fourth-order valence-electron chi connectivity index (χ4n) is 13.1. The topological polar surface area (TPSA) is 370 Å². The molecule has 2 atom stereocenters. The van der Waals surface area contributed by atoms with E-state index in [1.165, 1.54) is 22.3 Å². The molecule has 0 spiro atoms. The monoisotopic (exact) mass is 1630 g/mol. The zero-order chi connectivity index (χ0) is 85.2. The molecule has 0 heterocycles. The maximum atomic E-state index is 12.9. The molecule has 0 aromatic heterocycles. The molecule has 28 heteroatoms. The lowest BCUT2D eigenvalue weighted by molar-refractivity contribution is -0.158. The number of fused-ring (bicyclic) bond motifs is 9. The minimum atomic E-state index is -1.11. The summed E-state index contributed by atoms with van der Waals surface area (Å²) in [5.74, 6) is -3.96. The minimum Gasteiger partial charge on any atom is -0.481 e. The largest absolute Gasteiger partial charge is 0.481 e. The summed E-state index contributed by atoms with van der Waals surface area (Å²) in [5, 5.41) is 22.1. The molecule has 0 unspecified atom stereocenters. The first kappa shape index (κ1) is 94.2. The summed E-state index contributed by atoms with van der Waals surface area (Å²) in [6, 6.07) is 46.2. The number of hydrogen-bond acceptors (Lipinski definition) is 22. The van der Waals surface area contributed by atoms with Crippen LogP contribution in [0.4, 0.5) is 9.59 Å². The lowest BCUT2D eigenvalue weighted by Crippen LogP contribution is -2.45. The number of esters is 4. The van der Waals surface area contributed by atoms with Crippen LogP contribution < -0.4 is 26.6 Å². The van der Waals surface area contributed by atoms with Crippen molar-refractivity contribution >= 4 is 65.5 Å². The molecular weight excluding hydrogens is 1520 g/mol. The average Bonchev–Trinajstić information content (AvgIpc) is 1.63. The number of alkyl carbamates (subject to hydrolysis) is 2. The van der Waals surface area contributed by atoms with Crippen molar-refractivity contribution in [3.8, 4) is 33.4 Å². The maximum absolute atomic E-state index is 12.9. The highest BCUT2D eigenvalue weighted by Crippen LogP contribution is 2.47. The van der Waals surface area contributed by atoms with Crippen LogP contribution in [0.1, 0.15) is 177 Å². The summed E-state index contributed by atoms with van der Waals surface area (Å²) in [5.41, 5.74) is 12.0. The molecule has 5 amide bonds. The molecule has 0 saturated heterocycles. The molecule has 6 N–H and O–H groups in total. The number of ketones is 1. The maximum Gasteiger partial charge on any atom is 0.407 e. The molecule has 0 aliphatic heterocycles. The van der Waals surface area contributed by atoms with Gasteiger partial charge in [0.1, 0.15) is 62.9 Å². The highest BCUT2D eigenvalue weighted by Gasteiger charge is 2.35. The summed E-state index contributed by atoms with van der Waals surface area (Å²) in [6.07, 6.45) is 1.33. The molecule has 638 valence electrons. The van der Waals surface area contributed by atoms with Gasteiger partial charge in [-0.2, -0.15) is 0 Å². The van der Waals surface area contributed by atoms with Gasteiger partial charge in [0.15, 0.2) is 5.78 Å². The Morgan fingerprint density at radius 3 is 1.12 bits per heavy atom.